The predicted octanol–water partition coefficient (Wildman–Crippen LogP) is 2.65. The highest BCUT2D eigenvalue weighted by atomic mass is 35.5. The van der Waals surface area contributed by atoms with Crippen molar-refractivity contribution < 1.29 is 14.3 Å². The number of benzene rings is 1. The molecule has 0 aromatic heterocycles. The molecule has 2 amide bonds. The average Bonchev–Trinajstić information content (AvgIpc) is 2.44. The van der Waals surface area contributed by atoms with Crippen molar-refractivity contribution in [2.24, 2.45) is 0 Å². The summed E-state index contributed by atoms with van der Waals surface area (Å²) in [4.78, 5) is 22.8. The van der Waals surface area contributed by atoms with Crippen LogP contribution in [0.15, 0.2) is 24.3 Å². The molecule has 0 radical (unpaired) electrons. The molecule has 0 saturated carbocycles. The van der Waals surface area contributed by atoms with Crippen LogP contribution in [0.1, 0.15) is 31.9 Å². The maximum absolute atomic E-state index is 11.7. The number of rotatable bonds is 6. The second-order valence-electron chi connectivity index (χ2n) is 4.14. The van der Waals surface area contributed by atoms with Crippen LogP contribution in [0.3, 0.4) is 0 Å². The molecular formula is C14H19ClN2O3. The summed E-state index contributed by atoms with van der Waals surface area (Å²) in [5, 5.41) is 5.91. The van der Waals surface area contributed by atoms with Gasteiger partial charge >= 0.3 is 12.0 Å². The van der Waals surface area contributed by atoms with Gasteiger partial charge in [0.25, 0.3) is 0 Å². The van der Waals surface area contributed by atoms with Gasteiger partial charge in [0.2, 0.25) is 0 Å². The second-order valence-corrected chi connectivity index (χ2v) is 4.58. The monoisotopic (exact) mass is 298 g/mol. The lowest BCUT2D eigenvalue weighted by Gasteiger charge is -2.17. The number of nitrogens with one attached hydrogen (secondary N) is 2. The van der Waals surface area contributed by atoms with E-state index in [9.17, 15) is 9.59 Å². The zero-order valence-electron chi connectivity index (χ0n) is 11.6. The fourth-order valence-corrected chi connectivity index (χ4v) is 1.82. The number of carbonyl (C=O) groups excluding carboxylic acids is 2. The third-order valence-corrected chi connectivity index (χ3v) is 2.94. The lowest BCUT2D eigenvalue weighted by atomic mass is 10.1. The first kappa shape index (κ1) is 16.3. The zero-order valence-corrected chi connectivity index (χ0v) is 12.4. The molecule has 1 aromatic rings. The van der Waals surface area contributed by atoms with Crippen LogP contribution in [0.5, 0.6) is 0 Å². The smallest absolute Gasteiger partial charge is 0.325 e. The Morgan fingerprint density at radius 1 is 1.25 bits per heavy atom. The van der Waals surface area contributed by atoms with Crippen LogP contribution >= 0.6 is 11.6 Å². The minimum Gasteiger partial charge on any atom is -0.465 e. The number of halogens is 1. The van der Waals surface area contributed by atoms with Crippen molar-refractivity contribution in [3.63, 3.8) is 0 Å². The van der Waals surface area contributed by atoms with Gasteiger partial charge in [-0.25, -0.2) is 4.79 Å². The van der Waals surface area contributed by atoms with Gasteiger partial charge in [-0.2, -0.15) is 0 Å². The minimum atomic E-state index is -0.456. The van der Waals surface area contributed by atoms with Gasteiger partial charge in [0.05, 0.1) is 12.6 Å². The highest BCUT2D eigenvalue weighted by Crippen LogP contribution is 2.18. The molecule has 1 rings (SSSR count). The van der Waals surface area contributed by atoms with Crippen molar-refractivity contribution in [3.05, 3.63) is 34.9 Å². The van der Waals surface area contributed by atoms with Crippen molar-refractivity contribution in [3.8, 4) is 0 Å². The van der Waals surface area contributed by atoms with Crippen LogP contribution < -0.4 is 10.6 Å². The first-order valence-electron chi connectivity index (χ1n) is 6.52. The van der Waals surface area contributed by atoms with E-state index in [1.165, 1.54) is 0 Å². The molecular weight excluding hydrogens is 280 g/mol. The quantitative estimate of drug-likeness (QED) is 0.793. The van der Waals surface area contributed by atoms with Gasteiger partial charge in [-0.15, -0.1) is 0 Å². The largest absolute Gasteiger partial charge is 0.465 e. The van der Waals surface area contributed by atoms with Crippen LogP contribution in [0.4, 0.5) is 4.79 Å². The summed E-state index contributed by atoms with van der Waals surface area (Å²) in [5.41, 5.74) is 0.961. The maximum atomic E-state index is 11.7. The van der Waals surface area contributed by atoms with Gasteiger partial charge < -0.3 is 15.4 Å². The number of ether oxygens (including phenoxy) is 1. The van der Waals surface area contributed by atoms with Crippen LogP contribution in [0.2, 0.25) is 5.02 Å². The Bertz CT molecular complexity index is 448. The number of hydrogen-bond acceptors (Lipinski definition) is 3. The highest BCUT2D eigenvalue weighted by molar-refractivity contribution is 6.30. The molecule has 6 heteroatoms. The van der Waals surface area contributed by atoms with E-state index in [1.54, 1.807) is 19.1 Å². The van der Waals surface area contributed by atoms with E-state index < -0.39 is 12.0 Å². The number of carbonyl (C=O) groups is 2. The molecule has 20 heavy (non-hydrogen) atoms. The lowest BCUT2D eigenvalue weighted by Crippen LogP contribution is -2.40. The molecule has 0 heterocycles. The average molecular weight is 299 g/mol. The molecule has 0 fully saturated rings. The first-order chi connectivity index (χ1) is 9.56. The minimum absolute atomic E-state index is 0.130. The Morgan fingerprint density at radius 3 is 2.45 bits per heavy atom. The van der Waals surface area contributed by atoms with Gasteiger partial charge in [-0.05, 0) is 31.0 Å². The molecule has 110 valence electrons. The third kappa shape index (κ3) is 5.48. The number of amides is 2. The van der Waals surface area contributed by atoms with E-state index in [4.69, 9.17) is 16.3 Å². The highest BCUT2D eigenvalue weighted by Gasteiger charge is 2.13. The number of urea groups is 1. The van der Waals surface area contributed by atoms with Gasteiger partial charge in [-0.1, -0.05) is 30.7 Å². The summed E-state index contributed by atoms with van der Waals surface area (Å²) in [6, 6.07) is 6.74. The Labute approximate surface area is 123 Å². The summed E-state index contributed by atoms with van der Waals surface area (Å²) in [5.74, 6) is -0.456. The van der Waals surface area contributed by atoms with Crippen LogP contribution in [-0.2, 0) is 9.53 Å². The Morgan fingerprint density at radius 2 is 1.90 bits per heavy atom. The van der Waals surface area contributed by atoms with E-state index in [2.05, 4.69) is 10.6 Å². The fraction of sp³-hybridized carbons (Fsp3) is 0.429. The maximum Gasteiger partial charge on any atom is 0.325 e. The van der Waals surface area contributed by atoms with Gasteiger partial charge in [0.1, 0.15) is 6.54 Å². The van der Waals surface area contributed by atoms with E-state index in [-0.39, 0.29) is 12.6 Å². The molecule has 1 unspecified atom stereocenters. The second kappa shape index (κ2) is 8.43. The molecule has 2 N–H and O–H groups in total. The standard InChI is InChI=1S/C14H19ClN2O3/c1-3-12(10-5-7-11(15)8-6-10)17-14(19)16-9-13(18)20-4-2/h5-8,12H,3-4,9H2,1-2H3,(H2,16,17,19). The van der Waals surface area contributed by atoms with Crippen LogP contribution in [-0.4, -0.2) is 25.2 Å². The Hall–Kier alpha value is -1.75. The van der Waals surface area contributed by atoms with E-state index in [0.717, 1.165) is 12.0 Å². The van der Waals surface area contributed by atoms with Gasteiger partial charge in [0.15, 0.2) is 0 Å². The molecule has 1 aromatic carbocycles. The third-order valence-electron chi connectivity index (χ3n) is 2.68. The predicted molar refractivity (Wildman–Crippen MR) is 77.7 cm³/mol. The molecule has 0 bridgehead atoms. The Kier molecular flexibility index (Phi) is 6.87. The van der Waals surface area contributed by atoms with Crippen molar-refractivity contribution >= 4 is 23.6 Å². The zero-order chi connectivity index (χ0) is 15.0. The molecule has 0 spiro atoms. The van der Waals surface area contributed by atoms with Crippen molar-refractivity contribution in [1.82, 2.24) is 10.6 Å². The van der Waals surface area contributed by atoms with E-state index in [1.807, 2.05) is 19.1 Å². The Balaban J connectivity index is 2.49. The van der Waals surface area contributed by atoms with Crippen molar-refractivity contribution in [2.45, 2.75) is 26.3 Å². The van der Waals surface area contributed by atoms with Crippen molar-refractivity contribution in [2.75, 3.05) is 13.2 Å². The van der Waals surface area contributed by atoms with Gasteiger partial charge in [0, 0.05) is 5.02 Å². The lowest BCUT2D eigenvalue weighted by molar-refractivity contribution is -0.141. The summed E-state index contributed by atoms with van der Waals surface area (Å²) >= 11 is 5.83. The van der Waals surface area contributed by atoms with Crippen LogP contribution in [0, 0.1) is 0 Å². The molecule has 0 aliphatic rings. The first-order valence-corrected chi connectivity index (χ1v) is 6.90. The molecule has 0 aliphatic heterocycles. The number of hydrogen-bond donors (Lipinski definition) is 2. The normalized spacial score (nSPS) is 11.6. The summed E-state index contributed by atoms with van der Waals surface area (Å²) < 4.78 is 4.73. The van der Waals surface area contributed by atoms with Gasteiger partial charge in [-0.3, -0.25) is 4.79 Å². The molecule has 5 nitrogen and oxygen atoms in total. The summed E-state index contributed by atoms with van der Waals surface area (Å²) in [6.07, 6.45) is 0.731. The van der Waals surface area contributed by atoms with E-state index in [0.29, 0.717) is 11.6 Å². The van der Waals surface area contributed by atoms with Crippen molar-refractivity contribution in [1.29, 1.82) is 0 Å². The summed E-state index contributed by atoms with van der Waals surface area (Å²) in [7, 11) is 0. The van der Waals surface area contributed by atoms with Crippen LogP contribution in [0.25, 0.3) is 0 Å². The molecule has 0 aliphatic carbocycles. The molecule has 0 saturated heterocycles. The number of esters is 1. The van der Waals surface area contributed by atoms with E-state index >= 15 is 0 Å². The summed E-state index contributed by atoms with van der Waals surface area (Å²) in [6.45, 7) is 3.83. The topological polar surface area (TPSA) is 67.4 Å². The fourth-order valence-electron chi connectivity index (χ4n) is 1.69. The SMILES string of the molecule is CCOC(=O)CNC(=O)NC(CC)c1ccc(Cl)cc1. The molecule has 1 atom stereocenters.